The van der Waals surface area contributed by atoms with Crippen molar-refractivity contribution >= 4 is 17.3 Å². The normalized spacial score (nSPS) is 14.9. The molecule has 5 nitrogen and oxygen atoms in total. The van der Waals surface area contributed by atoms with Gasteiger partial charge in [0.15, 0.2) is 6.54 Å². The van der Waals surface area contributed by atoms with Gasteiger partial charge in [0.2, 0.25) is 0 Å². The first-order valence-electron chi connectivity index (χ1n) is 9.86. The summed E-state index contributed by atoms with van der Waals surface area (Å²) in [6, 6.07) is 16.7. The molecule has 1 fully saturated rings. The van der Waals surface area contributed by atoms with Crippen LogP contribution in [-0.2, 0) is 11.0 Å². The van der Waals surface area contributed by atoms with Gasteiger partial charge in [-0.15, -0.1) is 0 Å². The summed E-state index contributed by atoms with van der Waals surface area (Å²) in [5, 5.41) is 8.90. The Morgan fingerprint density at radius 1 is 1.10 bits per heavy atom. The number of anilines is 2. The third-order valence-electron chi connectivity index (χ3n) is 5.23. The summed E-state index contributed by atoms with van der Waals surface area (Å²) in [6.45, 7) is 3.09. The predicted molar refractivity (Wildman–Crippen MR) is 108 cm³/mol. The van der Waals surface area contributed by atoms with Crippen LogP contribution in [0.3, 0.4) is 0 Å². The van der Waals surface area contributed by atoms with E-state index in [9.17, 15) is 18.0 Å². The number of alkyl halides is 3. The van der Waals surface area contributed by atoms with Gasteiger partial charge >= 0.3 is 6.18 Å². The Kier molecular flexibility index (Phi) is 6.95. The Bertz CT molecular complexity index is 887. The summed E-state index contributed by atoms with van der Waals surface area (Å²) in [5.74, 6) is -0.0565. The quantitative estimate of drug-likeness (QED) is 0.785. The summed E-state index contributed by atoms with van der Waals surface area (Å²) in [4.78, 5) is 17.5. The first-order chi connectivity index (χ1) is 14.4. The average Bonchev–Trinajstić information content (AvgIpc) is 2.75. The Labute approximate surface area is 173 Å². The van der Waals surface area contributed by atoms with E-state index in [0.717, 1.165) is 16.7 Å². The van der Waals surface area contributed by atoms with Gasteiger partial charge in [-0.3, -0.25) is 4.79 Å². The van der Waals surface area contributed by atoms with Crippen LogP contribution in [-0.4, -0.2) is 45.2 Å². The molecule has 0 radical (unpaired) electrons. The fourth-order valence-electron chi connectivity index (χ4n) is 3.61. The van der Waals surface area contributed by atoms with E-state index in [1.807, 2.05) is 35.2 Å². The number of quaternary nitrogens is 1. The number of piperazine rings is 1. The highest BCUT2D eigenvalue weighted by atomic mass is 19.4. The summed E-state index contributed by atoms with van der Waals surface area (Å²) >= 11 is 0. The molecule has 2 aromatic carbocycles. The minimum atomic E-state index is -4.36. The first-order valence-corrected chi connectivity index (χ1v) is 9.86. The molecular formula is C22H24F3N4O+. The molecule has 2 aromatic rings. The molecule has 158 valence electrons. The molecule has 0 unspecified atom stereocenters. The number of carbonyl (C=O) groups is 1. The van der Waals surface area contributed by atoms with Gasteiger partial charge in [-0.25, -0.2) is 0 Å². The maximum Gasteiger partial charge on any atom is 0.416 e. The van der Waals surface area contributed by atoms with Crippen LogP contribution < -0.4 is 14.7 Å². The lowest BCUT2D eigenvalue weighted by Gasteiger charge is -2.34. The summed E-state index contributed by atoms with van der Waals surface area (Å²) in [5.41, 5.74) is 0.663. The second kappa shape index (κ2) is 9.63. The fourth-order valence-corrected chi connectivity index (χ4v) is 3.61. The van der Waals surface area contributed by atoms with Crippen molar-refractivity contribution in [2.24, 2.45) is 0 Å². The number of amides is 1. The minimum Gasteiger partial charge on any atom is -0.360 e. The van der Waals surface area contributed by atoms with Gasteiger partial charge in [0.05, 0.1) is 44.2 Å². The van der Waals surface area contributed by atoms with Crippen molar-refractivity contribution in [2.75, 3.05) is 49.1 Å². The summed E-state index contributed by atoms with van der Waals surface area (Å²) in [6.07, 6.45) is -4.11. The van der Waals surface area contributed by atoms with Crippen LogP contribution in [0.25, 0.3) is 0 Å². The molecule has 0 aliphatic carbocycles. The highest BCUT2D eigenvalue weighted by molar-refractivity contribution is 5.94. The van der Waals surface area contributed by atoms with Crippen molar-refractivity contribution in [1.29, 1.82) is 5.26 Å². The van der Waals surface area contributed by atoms with Gasteiger partial charge in [0.1, 0.15) is 0 Å². The molecule has 0 spiro atoms. The third-order valence-corrected chi connectivity index (χ3v) is 5.23. The maximum atomic E-state index is 13.0. The Morgan fingerprint density at radius 2 is 1.80 bits per heavy atom. The van der Waals surface area contributed by atoms with E-state index in [1.54, 1.807) is 11.0 Å². The number of halogens is 3. The van der Waals surface area contributed by atoms with Gasteiger partial charge in [0.25, 0.3) is 5.91 Å². The highest BCUT2D eigenvalue weighted by Gasteiger charge is 2.31. The SMILES string of the molecule is N#CCCN(C(=O)C[NH+]1CCN(c2cccc(C(F)(F)F)c2)CC1)c1ccccc1. The standard InChI is InChI=1S/C22H23F3N4O/c23-22(24,25)18-6-4-9-20(16-18)28-14-12-27(13-15-28)17-21(30)29(11-5-10-26)19-7-2-1-3-8-19/h1-4,6-9,16H,5,11-15,17H2/p+1. The van der Waals surface area contributed by atoms with Crippen LogP contribution in [0.1, 0.15) is 12.0 Å². The molecule has 0 aromatic heterocycles. The monoisotopic (exact) mass is 417 g/mol. The van der Waals surface area contributed by atoms with Crippen LogP contribution in [0.15, 0.2) is 54.6 Å². The molecule has 3 rings (SSSR count). The van der Waals surface area contributed by atoms with E-state index >= 15 is 0 Å². The molecule has 8 heteroatoms. The van der Waals surface area contributed by atoms with Gasteiger partial charge in [0, 0.05) is 17.9 Å². The van der Waals surface area contributed by atoms with Gasteiger partial charge in [-0.1, -0.05) is 24.3 Å². The van der Waals surface area contributed by atoms with Crippen LogP contribution in [0, 0.1) is 11.3 Å². The predicted octanol–water partition coefficient (Wildman–Crippen LogP) is 2.36. The van der Waals surface area contributed by atoms with Crippen LogP contribution >= 0.6 is 0 Å². The van der Waals surface area contributed by atoms with Crippen molar-refractivity contribution < 1.29 is 22.9 Å². The second-order valence-electron chi connectivity index (χ2n) is 7.25. The number of carbonyl (C=O) groups excluding carboxylic acids is 1. The first kappa shape index (κ1) is 21.7. The number of nitrogens with zero attached hydrogens (tertiary/aromatic N) is 3. The molecule has 1 aliphatic heterocycles. The minimum absolute atomic E-state index is 0.0565. The van der Waals surface area contributed by atoms with Crippen LogP contribution in [0.5, 0.6) is 0 Å². The fraction of sp³-hybridized carbons (Fsp3) is 0.364. The Morgan fingerprint density at radius 3 is 2.43 bits per heavy atom. The van der Waals surface area contributed by atoms with Crippen molar-refractivity contribution in [3.8, 4) is 6.07 Å². The topological polar surface area (TPSA) is 51.8 Å². The second-order valence-corrected chi connectivity index (χ2v) is 7.25. The number of nitriles is 1. The molecule has 0 saturated carbocycles. The lowest BCUT2D eigenvalue weighted by Crippen LogP contribution is -3.16. The molecular weight excluding hydrogens is 393 g/mol. The van der Waals surface area contributed by atoms with E-state index < -0.39 is 11.7 Å². The third kappa shape index (κ3) is 5.51. The lowest BCUT2D eigenvalue weighted by molar-refractivity contribution is -0.892. The zero-order valence-corrected chi connectivity index (χ0v) is 16.5. The number of hydrogen-bond donors (Lipinski definition) is 1. The van der Waals surface area contributed by atoms with Gasteiger partial charge in [-0.05, 0) is 30.3 Å². The molecule has 0 bridgehead atoms. The Hall–Kier alpha value is -3.05. The van der Waals surface area contributed by atoms with Crippen molar-refractivity contribution in [2.45, 2.75) is 12.6 Å². The van der Waals surface area contributed by atoms with E-state index in [2.05, 4.69) is 6.07 Å². The molecule has 0 atom stereocenters. The zero-order valence-electron chi connectivity index (χ0n) is 16.5. The number of nitrogens with one attached hydrogen (secondary N) is 1. The van der Waals surface area contributed by atoms with E-state index in [0.29, 0.717) is 38.4 Å². The number of para-hydroxylation sites is 1. The molecule has 1 N–H and O–H groups in total. The van der Waals surface area contributed by atoms with Crippen LogP contribution in [0.4, 0.5) is 24.5 Å². The number of benzene rings is 2. The van der Waals surface area contributed by atoms with E-state index in [1.165, 1.54) is 12.1 Å². The van der Waals surface area contributed by atoms with Gasteiger partial charge < -0.3 is 14.7 Å². The van der Waals surface area contributed by atoms with Crippen molar-refractivity contribution in [3.05, 3.63) is 60.2 Å². The zero-order chi connectivity index (χ0) is 21.6. The smallest absolute Gasteiger partial charge is 0.360 e. The van der Waals surface area contributed by atoms with E-state index in [-0.39, 0.29) is 18.9 Å². The highest BCUT2D eigenvalue weighted by Crippen LogP contribution is 2.31. The molecule has 1 amide bonds. The van der Waals surface area contributed by atoms with Crippen molar-refractivity contribution in [3.63, 3.8) is 0 Å². The van der Waals surface area contributed by atoms with E-state index in [4.69, 9.17) is 5.26 Å². The summed E-state index contributed by atoms with van der Waals surface area (Å²) in [7, 11) is 0. The van der Waals surface area contributed by atoms with Gasteiger partial charge in [-0.2, -0.15) is 18.4 Å². The lowest BCUT2D eigenvalue weighted by atomic mass is 10.1. The van der Waals surface area contributed by atoms with Crippen molar-refractivity contribution in [1.82, 2.24) is 0 Å². The average molecular weight is 417 g/mol. The molecule has 1 aliphatic rings. The molecule has 1 heterocycles. The van der Waals surface area contributed by atoms with Crippen LogP contribution in [0.2, 0.25) is 0 Å². The maximum absolute atomic E-state index is 13.0. The molecule has 30 heavy (non-hydrogen) atoms. The largest absolute Gasteiger partial charge is 0.416 e. The number of rotatable bonds is 6. The number of hydrogen-bond acceptors (Lipinski definition) is 3. The Balaban J connectivity index is 1.60. The summed E-state index contributed by atoms with van der Waals surface area (Å²) < 4.78 is 38.9. The molecule has 1 saturated heterocycles.